The number of carboxylic acid groups (broad SMARTS) is 1. The quantitative estimate of drug-likeness (QED) is 0.425. The third-order valence-electron chi connectivity index (χ3n) is 6.06. The van der Waals surface area contributed by atoms with Gasteiger partial charge in [-0.15, -0.1) is 5.10 Å². The number of anilines is 1. The number of carbonyl (C=O) groups is 1. The van der Waals surface area contributed by atoms with Crippen LogP contribution in [-0.2, 0) is 11.3 Å². The summed E-state index contributed by atoms with van der Waals surface area (Å²) in [5.41, 5.74) is 8.37. The average molecular weight is 520 g/mol. The molecule has 0 amide bonds. The number of hydrogen-bond donors (Lipinski definition) is 3. The van der Waals surface area contributed by atoms with E-state index in [9.17, 15) is 13.2 Å². The van der Waals surface area contributed by atoms with Crippen LogP contribution in [-0.4, -0.2) is 45.3 Å². The monoisotopic (exact) mass is 519 g/mol. The highest BCUT2D eigenvalue weighted by molar-refractivity contribution is 6.30. The van der Waals surface area contributed by atoms with Gasteiger partial charge in [-0.25, -0.2) is 9.48 Å². The van der Waals surface area contributed by atoms with Gasteiger partial charge in [-0.05, 0) is 67.3 Å². The molecule has 0 bridgehead atoms. The van der Waals surface area contributed by atoms with E-state index in [0.29, 0.717) is 0 Å². The fourth-order valence-corrected chi connectivity index (χ4v) is 4.57. The second kappa shape index (κ2) is 10.7. The van der Waals surface area contributed by atoms with Crippen molar-refractivity contribution in [3.63, 3.8) is 0 Å². The topological polar surface area (TPSA) is 92.1 Å². The van der Waals surface area contributed by atoms with Gasteiger partial charge in [0.05, 0.1) is 17.4 Å². The molecule has 2 aliphatic rings. The van der Waals surface area contributed by atoms with Crippen molar-refractivity contribution in [3.8, 4) is 11.3 Å². The van der Waals surface area contributed by atoms with Crippen LogP contribution in [0.15, 0.2) is 48.5 Å². The lowest BCUT2D eigenvalue weighted by Gasteiger charge is -2.22. The number of carboxylic acids is 1. The number of fused-ring (bicyclic) bond motifs is 3. The Bertz CT molecular complexity index is 1290. The summed E-state index contributed by atoms with van der Waals surface area (Å²) in [5.74, 6) is -2.76. The SMILES string of the molecule is Cc1nnn2c1-c1ccc(C3=CCNCC3)cc1C(Nc1cccc(Cl)c1)CC2.O=C(O)C(F)(F)F. The van der Waals surface area contributed by atoms with Crippen molar-refractivity contribution < 1.29 is 23.1 Å². The van der Waals surface area contributed by atoms with E-state index in [2.05, 4.69) is 51.3 Å². The van der Waals surface area contributed by atoms with Crippen molar-refractivity contribution in [3.05, 3.63) is 70.4 Å². The fourth-order valence-electron chi connectivity index (χ4n) is 4.38. The summed E-state index contributed by atoms with van der Waals surface area (Å²) in [5, 5.41) is 23.7. The van der Waals surface area contributed by atoms with Crippen LogP contribution in [0.25, 0.3) is 16.8 Å². The molecule has 1 aromatic heterocycles. The molecular weight excluding hydrogens is 495 g/mol. The highest BCUT2D eigenvalue weighted by Crippen LogP contribution is 2.38. The molecule has 2 aromatic carbocycles. The minimum absolute atomic E-state index is 0.173. The molecule has 0 radical (unpaired) electrons. The number of aromatic nitrogens is 3. The molecule has 5 rings (SSSR count). The highest BCUT2D eigenvalue weighted by Gasteiger charge is 2.38. The summed E-state index contributed by atoms with van der Waals surface area (Å²) in [6.45, 7) is 4.83. The summed E-state index contributed by atoms with van der Waals surface area (Å²) >= 11 is 6.22. The van der Waals surface area contributed by atoms with Gasteiger partial charge in [0.15, 0.2) is 0 Å². The Kier molecular flexibility index (Phi) is 7.65. The molecule has 3 aromatic rings. The summed E-state index contributed by atoms with van der Waals surface area (Å²) in [6.07, 6.45) is -0.790. The maximum Gasteiger partial charge on any atom is 0.490 e. The number of hydrogen-bond acceptors (Lipinski definition) is 5. The Balaban J connectivity index is 0.000000384. The molecule has 0 aliphatic carbocycles. The number of aliphatic carboxylic acids is 1. The molecule has 3 N–H and O–H groups in total. The van der Waals surface area contributed by atoms with E-state index in [1.54, 1.807) is 0 Å². The van der Waals surface area contributed by atoms with Crippen LogP contribution >= 0.6 is 11.6 Å². The van der Waals surface area contributed by atoms with Gasteiger partial charge in [0.2, 0.25) is 0 Å². The lowest BCUT2D eigenvalue weighted by Crippen LogP contribution is -2.21. The largest absolute Gasteiger partial charge is 0.490 e. The van der Waals surface area contributed by atoms with Crippen LogP contribution in [0.4, 0.5) is 18.9 Å². The van der Waals surface area contributed by atoms with Crippen molar-refractivity contribution in [1.82, 2.24) is 20.3 Å². The first kappa shape index (κ1) is 25.7. The van der Waals surface area contributed by atoms with Gasteiger partial charge in [0, 0.05) is 29.4 Å². The summed E-state index contributed by atoms with van der Waals surface area (Å²) < 4.78 is 33.8. The van der Waals surface area contributed by atoms with Crippen molar-refractivity contribution in [1.29, 1.82) is 0 Å². The van der Waals surface area contributed by atoms with Crippen molar-refractivity contribution in [2.45, 2.75) is 38.5 Å². The molecular formula is C25H25ClF3N5O2. The van der Waals surface area contributed by atoms with Crippen LogP contribution in [0.3, 0.4) is 0 Å². The molecule has 36 heavy (non-hydrogen) atoms. The second-order valence-electron chi connectivity index (χ2n) is 8.53. The lowest BCUT2D eigenvalue weighted by molar-refractivity contribution is -0.192. The molecule has 1 unspecified atom stereocenters. The third kappa shape index (κ3) is 5.88. The van der Waals surface area contributed by atoms with Crippen LogP contribution < -0.4 is 10.6 Å². The molecule has 0 saturated carbocycles. The predicted octanol–water partition coefficient (Wildman–Crippen LogP) is 5.47. The number of rotatable bonds is 3. The first-order valence-corrected chi connectivity index (χ1v) is 11.8. The van der Waals surface area contributed by atoms with Crippen molar-refractivity contribution in [2.75, 3.05) is 18.4 Å². The Hall–Kier alpha value is -3.37. The van der Waals surface area contributed by atoms with E-state index in [4.69, 9.17) is 21.5 Å². The zero-order valence-electron chi connectivity index (χ0n) is 19.4. The minimum atomic E-state index is -5.08. The van der Waals surface area contributed by atoms with Gasteiger partial charge in [-0.2, -0.15) is 13.2 Å². The average Bonchev–Trinajstić information content (AvgIpc) is 3.14. The van der Waals surface area contributed by atoms with Gasteiger partial charge in [0.25, 0.3) is 0 Å². The number of benzene rings is 2. The first-order valence-electron chi connectivity index (χ1n) is 11.4. The number of nitrogens with zero attached hydrogens (tertiary/aromatic N) is 3. The first-order chi connectivity index (χ1) is 17.1. The minimum Gasteiger partial charge on any atom is -0.475 e. The molecule has 190 valence electrons. The normalized spacial score (nSPS) is 17.0. The van der Waals surface area contributed by atoms with Gasteiger partial charge in [0.1, 0.15) is 0 Å². The van der Waals surface area contributed by atoms with Crippen molar-refractivity contribution >= 4 is 28.8 Å². The summed E-state index contributed by atoms with van der Waals surface area (Å²) in [4.78, 5) is 8.90. The van der Waals surface area contributed by atoms with E-state index >= 15 is 0 Å². The van der Waals surface area contributed by atoms with Crippen molar-refractivity contribution in [2.24, 2.45) is 0 Å². The maximum atomic E-state index is 10.6. The zero-order valence-corrected chi connectivity index (χ0v) is 20.2. The van der Waals surface area contributed by atoms with Crippen LogP contribution in [0.2, 0.25) is 5.02 Å². The molecule has 1 atom stereocenters. The number of nitrogens with one attached hydrogen (secondary N) is 2. The van der Waals surface area contributed by atoms with Crippen LogP contribution in [0.1, 0.15) is 35.7 Å². The van der Waals surface area contributed by atoms with Gasteiger partial charge in [-0.1, -0.05) is 41.1 Å². The summed E-state index contributed by atoms with van der Waals surface area (Å²) in [6, 6.07) is 15.0. The fraction of sp³-hybridized carbons (Fsp3) is 0.320. The van der Waals surface area contributed by atoms with E-state index in [1.165, 1.54) is 22.3 Å². The Morgan fingerprint density at radius 1 is 1.25 bits per heavy atom. The second-order valence-corrected chi connectivity index (χ2v) is 8.97. The van der Waals surface area contributed by atoms with E-state index < -0.39 is 12.1 Å². The molecule has 0 saturated heterocycles. The van der Waals surface area contributed by atoms with Gasteiger partial charge < -0.3 is 15.7 Å². The zero-order chi connectivity index (χ0) is 25.9. The van der Waals surface area contributed by atoms with Crippen LogP contribution in [0, 0.1) is 6.92 Å². The third-order valence-corrected chi connectivity index (χ3v) is 6.29. The predicted molar refractivity (Wildman–Crippen MR) is 132 cm³/mol. The molecule has 7 nitrogen and oxygen atoms in total. The maximum absolute atomic E-state index is 10.6. The van der Waals surface area contributed by atoms with Gasteiger partial charge in [-0.3, -0.25) is 0 Å². The lowest BCUT2D eigenvalue weighted by atomic mass is 9.90. The Labute approximate surface area is 211 Å². The molecule has 3 heterocycles. The molecule has 11 heteroatoms. The Morgan fingerprint density at radius 2 is 2.03 bits per heavy atom. The molecule has 2 aliphatic heterocycles. The highest BCUT2D eigenvalue weighted by atomic mass is 35.5. The van der Waals surface area contributed by atoms with E-state index in [1.807, 2.05) is 29.8 Å². The smallest absolute Gasteiger partial charge is 0.475 e. The number of alkyl halides is 3. The Morgan fingerprint density at radius 3 is 2.69 bits per heavy atom. The molecule has 0 spiro atoms. The number of aryl methyl sites for hydroxylation is 2. The van der Waals surface area contributed by atoms with E-state index in [0.717, 1.165) is 54.6 Å². The summed E-state index contributed by atoms with van der Waals surface area (Å²) in [7, 11) is 0. The number of halogens is 4. The van der Waals surface area contributed by atoms with Gasteiger partial charge >= 0.3 is 12.1 Å². The van der Waals surface area contributed by atoms with E-state index in [-0.39, 0.29) is 6.04 Å². The van der Waals surface area contributed by atoms with Crippen LogP contribution in [0.5, 0.6) is 0 Å². The molecule has 0 fully saturated rings. The standard InChI is InChI=1S/C23H24ClN5.C2HF3O2/c1-15-23-20-6-5-17(16-7-10-25-11-8-16)13-21(20)22(9-12-29(23)28-27-15)26-19-4-2-3-18(24)14-19;3-2(4,5)1(6)7/h2-7,13-14,22,25-26H,8-12H2,1H3;(H,6,7).